The van der Waals surface area contributed by atoms with Crippen LogP contribution in [0.4, 0.5) is 5.69 Å². The number of amides is 1. The lowest BCUT2D eigenvalue weighted by Crippen LogP contribution is -2.17. The summed E-state index contributed by atoms with van der Waals surface area (Å²) in [4.78, 5) is 12.1. The van der Waals surface area contributed by atoms with Gasteiger partial charge >= 0.3 is 0 Å². The first kappa shape index (κ1) is 18.0. The summed E-state index contributed by atoms with van der Waals surface area (Å²) in [7, 11) is 1.83. The maximum Gasteiger partial charge on any atom is 0.251 e. The van der Waals surface area contributed by atoms with Crippen molar-refractivity contribution in [2.24, 2.45) is 11.7 Å². The molecule has 4 rings (SSSR count). The van der Waals surface area contributed by atoms with E-state index in [0.29, 0.717) is 23.5 Å². The summed E-state index contributed by atoms with van der Waals surface area (Å²) < 4.78 is 3.60. The highest BCUT2D eigenvalue weighted by Crippen LogP contribution is 2.37. The second-order valence-electron chi connectivity index (χ2n) is 7.29. The molecular weight excluding hydrogens is 354 g/mol. The Kier molecular flexibility index (Phi) is 4.74. The number of hydrogen-bond acceptors (Lipinski definition) is 5. The Bertz CT molecular complexity index is 1050. The van der Waals surface area contributed by atoms with Gasteiger partial charge in [-0.15, -0.1) is 0 Å². The molecule has 0 aromatic carbocycles. The predicted molar refractivity (Wildman–Crippen MR) is 106 cm³/mol. The number of anilines is 1. The van der Waals surface area contributed by atoms with Crippen LogP contribution in [0, 0.1) is 17.2 Å². The number of nitrogens with zero attached hydrogens (tertiary/aromatic N) is 5. The van der Waals surface area contributed by atoms with Crippen molar-refractivity contribution in [3.05, 3.63) is 36.4 Å². The van der Waals surface area contributed by atoms with Gasteiger partial charge in [0.2, 0.25) is 0 Å². The molecular formula is C20H23N7O. The van der Waals surface area contributed by atoms with Crippen LogP contribution in [0.25, 0.3) is 16.6 Å². The Morgan fingerprint density at radius 1 is 1.36 bits per heavy atom. The Morgan fingerprint density at radius 3 is 2.82 bits per heavy atom. The summed E-state index contributed by atoms with van der Waals surface area (Å²) in [6.07, 6.45) is 12.1. The van der Waals surface area contributed by atoms with Crippen LogP contribution in [0.1, 0.15) is 48.5 Å². The van der Waals surface area contributed by atoms with Crippen LogP contribution in [0.15, 0.2) is 30.9 Å². The number of fused-ring (bicyclic) bond motifs is 1. The second-order valence-corrected chi connectivity index (χ2v) is 7.29. The lowest BCUT2D eigenvalue weighted by Gasteiger charge is -2.21. The summed E-state index contributed by atoms with van der Waals surface area (Å²) in [6, 6.07) is 4.28. The summed E-state index contributed by atoms with van der Waals surface area (Å²) in [5, 5.41) is 21.2. The number of primary amides is 1. The molecule has 0 saturated heterocycles. The van der Waals surface area contributed by atoms with E-state index >= 15 is 0 Å². The van der Waals surface area contributed by atoms with E-state index in [-0.39, 0.29) is 6.04 Å². The SMILES string of the molecule is CNc1cc2c(-c3cnn(C(CC#N)C4CCCC4)c3)c(C(N)=O)cnn2c1. The molecule has 3 heterocycles. The largest absolute Gasteiger partial charge is 0.387 e. The molecule has 0 spiro atoms. The average molecular weight is 377 g/mol. The molecule has 8 heteroatoms. The van der Waals surface area contributed by atoms with Gasteiger partial charge in [0.15, 0.2) is 0 Å². The minimum Gasteiger partial charge on any atom is -0.387 e. The number of carbonyl (C=O) groups is 1. The van der Waals surface area contributed by atoms with Gasteiger partial charge in [0, 0.05) is 24.4 Å². The zero-order valence-electron chi connectivity index (χ0n) is 15.8. The summed E-state index contributed by atoms with van der Waals surface area (Å²) >= 11 is 0. The molecule has 0 radical (unpaired) electrons. The zero-order chi connectivity index (χ0) is 19.7. The van der Waals surface area contributed by atoms with E-state index in [1.165, 1.54) is 19.0 Å². The fraction of sp³-hybridized carbons (Fsp3) is 0.400. The van der Waals surface area contributed by atoms with Gasteiger partial charge in [-0.1, -0.05) is 12.8 Å². The van der Waals surface area contributed by atoms with Crippen molar-refractivity contribution < 1.29 is 4.79 Å². The van der Waals surface area contributed by atoms with Gasteiger partial charge in [0.1, 0.15) is 0 Å². The van der Waals surface area contributed by atoms with E-state index in [2.05, 4.69) is 21.6 Å². The molecule has 1 aliphatic rings. The van der Waals surface area contributed by atoms with Gasteiger partial charge in [-0.3, -0.25) is 9.48 Å². The molecule has 8 nitrogen and oxygen atoms in total. The Balaban J connectivity index is 1.82. The Hall–Kier alpha value is -3.34. The Labute approximate surface area is 162 Å². The number of nitrogens with one attached hydrogen (secondary N) is 1. The molecule has 0 aliphatic heterocycles. The van der Waals surface area contributed by atoms with Crippen molar-refractivity contribution in [3.63, 3.8) is 0 Å². The molecule has 1 fully saturated rings. The molecule has 1 amide bonds. The summed E-state index contributed by atoms with van der Waals surface area (Å²) in [5.41, 5.74) is 9.14. The van der Waals surface area contributed by atoms with Gasteiger partial charge in [-0.05, 0) is 24.8 Å². The number of aromatic nitrogens is 4. The monoisotopic (exact) mass is 377 g/mol. The predicted octanol–water partition coefficient (Wildman–Crippen LogP) is 2.98. The van der Waals surface area contributed by atoms with Gasteiger partial charge in [0.25, 0.3) is 5.91 Å². The molecule has 0 bridgehead atoms. The highest BCUT2D eigenvalue weighted by molar-refractivity contribution is 6.03. The van der Waals surface area contributed by atoms with E-state index in [4.69, 9.17) is 5.73 Å². The third-order valence-electron chi connectivity index (χ3n) is 5.67. The minimum absolute atomic E-state index is 0.0517. The highest BCUT2D eigenvalue weighted by Gasteiger charge is 2.27. The van der Waals surface area contributed by atoms with Crippen LogP contribution < -0.4 is 11.1 Å². The topological polar surface area (TPSA) is 114 Å². The van der Waals surface area contributed by atoms with Gasteiger partial charge in [-0.25, -0.2) is 4.52 Å². The van der Waals surface area contributed by atoms with Gasteiger partial charge < -0.3 is 11.1 Å². The number of rotatable bonds is 6. The maximum absolute atomic E-state index is 12.1. The second kappa shape index (κ2) is 7.35. The van der Waals surface area contributed by atoms with Crippen molar-refractivity contribution in [1.29, 1.82) is 5.26 Å². The van der Waals surface area contributed by atoms with Crippen LogP contribution >= 0.6 is 0 Å². The molecule has 3 aromatic rings. The van der Waals surface area contributed by atoms with E-state index in [0.717, 1.165) is 29.6 Å². The lowest BCUT2D eigenvalue weighted by atomic mass is 9.96. The number of nitriles is 1. The molecule has 3 aromatic heterocycles. The molecule has 1 atom stereocenters. The van der Waals surface area contributed by atoms with Crippen molar-refractivity contribution in [2.75, 3.05) is 12.4 Å². The molecule has 28 heavy (non-hydrogen) atoms. The normalized spacial score (nSPS) is 15.6. The first-order valence-electron chi connectivity index (χ1n) is 9.52. The van der Waals surface area contributed by atoms with Gasteiger partial charge in [0.05, 0.1) is 53.9 Å². The lowest BCUT2D eigenvalue weighted by molar-refractivity contribution is 0.100. The van der Waals surface area contributed by atoms with Crippen molar-refractivity contribution >= 4 is 17.1 Å². The molecule has 1 saturated carbocycles. The van der Waals surface area contributed by atoms with E-state index < -0.39 is 5.91 Å². The first-order valence-corrected chi connectivity index (χ1v) is 9.52. The summed E-state index contributed by atoms with van der Waals surface area (Å²) in [6.45, 7) is 0. The van der Waals surface area contributed by atoms with Crippen LogP contribution in [0.3, 0.4) is 0 Å². The van der Waals surface area contributed by atoms with Crippen molar-refractivity contribution in [3.8, 4) is 17.2 Å². The fourth-order valence-corrected chi connectivity index (χ4v) is 4.24. The van der Waals surface area contributed by atoms with Crippen molar-refractivity contribution in [2.45, 2.75) is 38.1 Å². The first-order chi connectivity index (χ1) is 13.6. The van der Waals surface area contributed by atoms with E-state index in [1.54, 1.807) is 10.7 Å². The third kappa shape index (κ3) is 3.09. The van der Waals surface area contributed by atoms with Crippen LogP contribution in [-0.4, -0.2) is 32.3 Å². The quantitative estimate of drug-likeness (QED) is 0.685. The maximum atomic E-state index is 12.1. The third-order valence-corrected chi connectivity index (χ3v) is 5.67. The molecule has 144 valence electrons. The molecule has 3 N–H and O–H groups in total. The van der Waals surface area contributed by atoms with Crippen molar-refractivity contribution in [1.82, 2.24) is 19.4 Å². The smallest absolute Gasteiger partial charge is 0.251 e. The fourth-order valence-electron chi connectivity index (χ4n) is 4.24. The zero-order valence-corrected chi connectivity index (χ0v) is 15.8. The molecule has 1 aliphatic carbocycles. The highest BCUT2D eigenvalue weighted by atomic mass is 16.1. The minimum atomic E-state index is -0.533. The number of nitrogens with two attached hydrogens (primary N) is 1. The Morgan fingerprint density at radius 2 is 2.14 bits per heavy atom. The number of hydrogen-bond donors (Lipinski definition) is 2. The van der Waals surface area contributed by atoms with Crippen LogP contribution in [0.5, 0.6) is 0 Å². The average Bonchev–Trinajstić information content (AvgIpc) is 3.45. The summed E-state index contributed by atoms with van der Waals surface area (Å²) in [5.74, 6) is -0.0704. The standard InChI is InChI=1S/C20H23N7O/c1-23-15-8-18-19(16(20(22)28)10-25-27(18)12-15)14-9-24-26(11-14)17(6-7-21)13-4-2-3-5-13/h8-13,17,23H,2-6H2,1H3,(H2,22,28). The van der Waals surface area contributed by atoms with E-state index in [9.17, 15) is 10.1 Å². The van der Waals surface area contributed by atoms with E-state index in [1.807, 2.05) is 30.2 Å². The van der Waals surface area contributed by atoms with Crippen LogP contribution in [0.2, 0.25) is 0 Å². The molecule has 1 unspecified atom stereocenters. The number of carbonyl (C=O) groups excluding carboxylic acids is 1. The van der Waals surface area contributed by atoms with Crippen LogP contribution in [-0.2, 0) is 0 Å². The van der Waals surface area contributed by atoms with Gasteiger partial charge in [-0.2, -0.15) is 15.5 Å².